The summed E-state index contributed by atoms with van der Waals surface area (Å²) >= 11 is 0. The monoisotopic (exact) mass is 287 g/mol. The first-order chi connectivity index (χ1) is 10.2. The second-order valence-electron chi connectivity index (χ2n) is 6.08. The fourth-order valence-electron chi connectivity index (χ4n) is 2.87. The first-order valence-corrected chi connectivity index (χ1v) is 7.80. The summed E-state index contributed by atoms with van der Waals surface area (Å²) in [5.41, 5.74) is 6.89. The third-order valence-electron chi connectivity index (χ3n) is 4.39. The summed E-state index contributed by atoms with van der Waals surface area (Å²) in [6.07, 6.45) is 6.12. The molecule has 0 bridgehead atoms. The molecule has 2 heterocycles. The molecule has 5 heteroatoms. The highest BCUT2D eigenvalue weighted by molar-refractivity contribution is 5.88. The molecule has 1 fully saturated rings. The van der Waals surface area contributed by atoms with Crippen molar-refractivity contribution >= 4 is 16.7 Å². The van der Waals surface area contributed by atoms with Crippen LogP contribution in [0.1, 0.15) is 32.4 Å². The van der Waals surface area contributed by atoms with Crippen LogP contribution in [0.2, 0.25) is 0 Å². The highest BCUT2D eigenvalue weighted by atomic mass is 15.5. The quantitative estimate of drug-likeness (QED) is 0.938. The SMILES string of the molecule is CC(N(C)C)n1cnc2c(NN3CCCCC3)cccc21. The number of para-hydroxylation sites is 1. The summed E-state index contributed by atoms with van der Waals surface area (Å²) in [4.78, 5) is 6.82. The maximum atomic E-state index is 4.63. The van der Waals surface area contributed by atoms with Gasteiger partial charge in [0.25, 0.3) is 0 Å². The first kappa shape index (κ1) is 14.4. The Balaban J connectivity index is 1.90. The third-order valence-corrected chi connectivity index (χ3v) is 4.39. The molecule has 1 N–H and O–H groups in total. The summed E-state index contributed by atoms with van der Waals surface area (Å²) in [5, 5.41) is 2.31. The molecule has 3 rings (SSSR count). The molecule has 1 atom stereocenters. The molecule has 1 aliphatic rings. The number of aromatic nitrogens is 2. The van der Waals surface area contributed by atoms with Gasteiger partial charge in [0.15, 0.2) is 0 Å². The van der Waals surface area contributed by atoms with Crippen molar-refractivity contribution in [2.24, 2.45) is 0 Å². The minimum absolute atomic E-state index is 0.292. The molecule has 1 unspecified atom stereocenters. The van der Waals surface area contributed by atoms with Gasteiger partial charge < -0.3 is 9.99 Å². The first-order valence-electron chi connectivity index (χ1n) is 7.80. The summed E-state index contributed by atoms with van der Waals surface area (Å²) in [5.74, 6) is 0. The van der Waals surface area contributed by atoms with Crippen LogP contribution in [0.4, 0.5) is 5.69 Å². The van der Waals surface area contributed by atoms with E-state index in [0.717, 1.165) is 24.3 Å². The predicted molar refractivity (Wildman–Crippen MR) is 87.2 cm³/mol. The van der Waals surface area contributed by atoms with Crippen LogP contribution < -0.4 is 5.43 Å². The van der Waals surface area contributed by atoms with E-state index in [1.165, 1.54) is 24.8 Å². The van der Waals surface area contributed by atoms with Crippen LogP contribution in [0, 0.1) is 0 Å². The van der Waals surface area contributed by atoms with Crippen LogP contribution in [0.3, 0.4) is 0 Å². The number of anilines is 1. The predicted octanol–water partition coefficient (Wildman–Crippen LogP) is 2.93. The molecule has 2 aromatic rings. The Morgan fingerprint density at radius 1 is 1.19 bits per heavy atom. The molecule has 0 aliphatic carbocycles. The smallest absolute Gasteiger partial charge is 0.113 e. The average Bonchev–Trinajstić information content (AvgIpc) is 2.92. The fraction of sp³-hybridized carbons (Fsp3) is 0.562. The van der Waals surface area contributed by atoms with Gasteiger partial charge >= 0.3 is 0 Å². The molecule has 1 aromatic carbocycles. The number of fused-ring (bicyclic) bond motifs is 1. The van der Waals surface area contributed by atoms with E-state index in [2.05, 4.69) is 64.1 Å². The Morgan fingerprint density at radius 3 is 2.67 bits per heavy atom. The topological polar surface area (TPSA) is 36.3 Å². The molecule has 5 nitrogen and oxygen atoms in total. The maximum absolute atomic E-state index is 4.63. The van der Waals surface area contributed by atoms with Gasteiger partial charge in [-0.3, -0.25) is 4.90 Å². The van der Waals surface area contributed by atoms with Crippen molar-refractivity contribution in [3.8, 4) is 0 Å². The number of nitrogens with one attached hydrogen (secondary N) is 1. The highest BCUT2D eigenvalue weighted by Gasteiger charge is 2.15. The molecule has 1 saturated heterocycles. The molecule has 114 valence electrons. The summed E-state index contributed by atoms with van der Waals surface area (Å²) in [7, 11) is 4.18. The summed E-state index contributed by atoms with van der Waals surface area (Å²) < 4.78 is 2.22. The van der Waals surface area contributed by atoms with E-state index in [4.69, 9.17) is 0 Å². The number of rotatable bonds is 4. The van der Waals surface area contributed by atoms with Crippen molar-refractivity contribution in [1.29, 1.82) is 0 Å². The number of hydrogen-bond acceptors (Lipinski definition) is 4. The van der Waals surface area contributed by atoms with Gasteiger partial charge in [0.1, 0.15) is 5.52 Å². The minimum Gasteiger partial charge on any atom is -0.317 e. The lowest BCUT2D eigenvalue weighted by molar-refractivity contribution is 0.243. The highest BCUT2D eigenvalue weighted by Crippen LogP contribution is 2.26. The van der Waals surface area contributed by atoms with Gasteiger partial charge in [-0.25, -0.2) is 9.99 Å². The lowest BCUT2D eigenvalue weighted by atomic mass is 10.2. The van der Waals surface area contributed by atoms with Crippen molar-refractivity contribution in [2.75, 3.05) is 32.6 Å². The Bertz CT molecular complexity index is 598. The van der Waals surface area contributed by atoms with E-state index in [1.807, 2.05) is 6.33 Å². The lowest BCUT2D eigenvalue weighted by Gasteiger charge is -2.28. The Hall–Kier alpha value is -1.59. The zero-order chi connectivity index (χ0) is 14.8. The van der Waals surface area contributed by atoms with Crippen molar-refractivity contribution in [3.05, 3.63) is 24.5 Å². The standard InChI is InChI=1S/C16H25N5/c1-13(19(2)3)21-12-17-16-14(8-7-9-15(16)21)18-20-10-5-4-6-11-20/h7-9,12-13,18H,4-6,10-11H2,1-3H3. The number of hydrogen-bond donors (Lipinski definition) is 1. The van der Waals surface area contributed by atoms with Crippen molar-refractivity contribution in [3.63, 3.8) is 0 Å². The Morgan fingerprint density at radius 2 is 1.95 bits per heavy atom. The lowest BCUT2D eigenvalue weighted by Crippen LogP contribution is -2.34. The van der Waals surface area contributed by atoms with Gasteiger partial charge in [-0.05, 0) is 46.0 Å². The van der Waals surface area contributed by atoms with E-state index in [0.29, 0.717) is 6.17 Å². The van der Waals surface area contributed by atoms with Crippen LogP contribution in [0.15, 0.2) is 24.5 Å². The van der Waals surface area contributed by atoms with Crippen molar-refractivity contribution < 1.29 is 0 Å². The van der Waals surface area contributed by atoms with E-state index in [-0.39, 0.29) is 0 Å². The second-order valence-corrected chi connectivity index (χ2v) is 6.08. The maximum Gasteiger partial charge on any atom is 0.113 e. The van der Waals surface area contributed by atoms with Gasteiger partial charge in [-0.1, -0.05) is 12.5 Å². The number of nitrogens with zero attached hydrogens (tertiary/aromatic N) is 4. The molecule has 1 aromatic heterocycles. The van der Waals surface area contributed by atoms with E-state index in [9.17, 15) is 0 Å². The number of hydrazine groups is 1. The molecule has 0 saturated carbocycles. The van der Waals surface area contributed by atoms with Gasteiger partial charge in [0.2, 0.25) is 0 Å². The summed E-state index contributed by atoms with van der Waals surface area (Å²) in [6, 6.07) is 6.37. The molecular formula is C16H25N5. The average molecular weight is 287 g/mol. The van der Waals surface area contributed by atoms with Crippen LogP contribution in [0.5, 0.6) is 0 Å². The molecule has 0 amide bonds. The summed E-state index contributed by atoms with van der Waals surface area (Å²) in [6.45, 7) is 4.42. The molecule has 21 heavy (non-hydrogen) atoms. The van der Waals surface area contributed by atoms with E-state index in [1.54, 1.807) is 0 Å². The van der Waals surface area contributed by atoms with Gasteiger partial charge in [-0.2, -0.15) is 0 Å². The van der Waals surface area contributed by atoms with Crippen LogP contribution >= 0.6 is 0 Å². The van der Waals surface area contributed by atoms with Gasteiger partial charge in [-0.15, -0.1) is 0 Å². The molecule has 1 aliphatic heterocycles. The van der Waals surface area contributed by atoms with Crippen molar-refractivity contribution in [1.82, 2.24) is 19.5 Å². The number of piperidine rings is 1. The van der Waals surface area contributed by atoms with Crippen LogP contribution in [-0.4, -0.2) is 46.6 Å². The number of benzene rings is 1. The fourth-order valence-corrected chi connectivity index (χ4v) is 2.87. The Kier molecular flexibility index (Phi) is 4.12. The molecular weight excluding hydrogens is 262 g/mol. The second kappa shape index (κ2) is 6.03. The normalized spacial score (nSPS) is 18.3. The zero-order valence-electron chi connectivity index (χ0n) is 13.2. The zero-order valence-corrected chi connectivity index (χ0v) is 13.2. The van der Waals surface area contributed by atoms with E-state index < -0.39 is 0 Å². The van der Waals surface area contributed by atoms with Crippen molar-refractivity contribution in [2.45, 2.75) is 32.4 Å². The molecule has 0 radical (unpaired) electrons. The minimum atomic E-state index is 0.292. The number of imidazole rings is 1. The van der Waals surface area contributed by atoms with Crippen LogP contribution in [-0.2, 0) is 0 Å². The molecule has 0 spiro atoms. The Labute approximate surface area is 126 Å². The third kappa shape index (κ3) is 2.89. The van der Waals surface area contributed by atoms with Crippen LogP contribution in [0.25, 0.3) is 11.0 Å². The van der Waals surface area contributed by atoms with E-state index >= 15 is 0 Å². The van der Waals surface area contributed by atoms with Gasteiger partial charge in [0.05, 0.1) is 23.7 Å². The van der Waals surface area contributed by atoms with Gasteiger partial charge in [0, 0.05) is 13.1 Å². The largest absolute Gasteiger partial charge is 0.317 e.